The second-order valence-corrected chi connectivity index (χ2v) is 6.15. The Bertz CT molecular complexity index is 766. The van der Waals surface area contributed by atoms with Crippen LogP contribution in [0.2, 0.25) is 0 Å². The van der Waals surface area contributed by atoms with Crippen LogP contribution in [0.15, 0.2) is 70.2 Å². The van der Waals surface area contributed by atoms with Crippen LogP contribution in [0.5, 0.6) is 0 Å². The summed E-state index contributed by atoms with van der Waals surface area (Å²) >= 11 is 4.61. The maximum absolute atomic E-state index is 12.3. The van der Waals surface area contributed by atoms with Gasteiger partial charge in [-0.15, -0.1) is 0 Å². The van der Waals surface area contributed by atoms with Crippen molar-refractivity contribution in [2.45, 2.75) is 4.90 Å². The Labute approximate surface area is 129 Å². The standard InChI is InChI=1S/C16H10BrNOS/c17-12-8-6-11(7-9-12)16(19)20-15-5-1-4-14-13(15)3-2-10-18-14/h1-10H. The van der Waals surface area contributed by atoms with Crippen molar-refractivity contribution >= 4 is 43.7 Å². The van der Waals surface area contributed by atoms with Crippen molar-refractivity contribution in [1.82, 2.24) is 4.98 Å². The number of rotatable bonds is 2. The first kappa shape index (κ1) is 13.3. The first-order valence-corrected chi connectivity index (χ1v) is 7.66. The highest BCUT2D eigenvalue weighted by molar-refractivity contribution is 9.10. The van der Waals surface area contributed by atoms with Gasteiger partial charge in [0.15, 0.2) is 0 Å². The van der Waals surface area contributed by atoms with E-state index in [1.807, 2.05) is 54.6 Å². The highest BCUT2D eigenvalue weighted by Gasteiger charge is 2.10. The minimum absolute atomic E-state index is 0.0360. The normalized spacial score (nSPS) is 10.7. The van der Waals surface area contributed by atoms with E-state index in [9.17, 15) is 4.79 Å². The Morgan fingerprint density at radius 3 is 2.60 bits per heavy atom. The first-order valence-electron chi connectivity index (χ1n) is 6.05. The molecule has 2 nitrogen and oxygen atoms in total. The molecule has 20 heavy (non-hydrogen) atoms. The van der Waals surface area contributed by atoms with Gasteiger partial charge in [-0.25, -0.2) is 0 Å². The fraction of sp³-hybridized carbons (Fsp3) is 0. The predicted octanol–water partition coefficient (Wildman–Crippen LogP) is 4.93. The largest absolute Gasteiger partial charge is 0.281 e. The van der Waals surface area contributed by atoms with Gasteiger partial charge in [0.2, 0.25) is 5.12 Å². The number of pyridine rings is 1. The second-order valence-electron chi connectivity index (χ2n) is 4.22. The van der Waals surface area contributed by atoms with Crippen molar-refractivity contribution in [1.29, 1.82) is 0 Å². The Morgan fingerprint density at radius 1 is 1.00 bits per heavy atom. The van der Waals surface area contributed by atoms with Crippen LogP contribution >= 0.6 is 27.7 Å². The van der Waals surface area contributed by atoms with Gasteiger partial charge in [0, 0.05) is 26.5 Å². The number of aromatic nitrogens is 1. The molecule has 0 radical (unpaired) electrons. The van der Waals surface area contributed by atoms with Crippen LogP contribution in [0.3, 0.4) is 0 Å². The minimum Gasteiger partial charge on any atom is -0.281 e. The van der Waals surface area contributed by atoms with Gasteiger partial charge < -0.3 is 0 Å². The molecule has 0 spiro atoms. The topological polar surface area (TPSA) is 30.0 Å². The molecular formula is C16H10BrNOS. The number of halogens is 1. The zero-order valence-corrected chi connectivity index (χ0v) is 12.8. The second kappa shape index (κ2) is 5.77. The van der Waals surface area contributed by atoms with Crippen molar-refractivity contribution in [3.8, 4) is 0 Å². The van der Waals surface area contributed by atoms with E-state index in [0.717, 1.165) is 20.3 Å². The van der Waals surface area contributed by atoms with Gasteiger partial charge in [-0.2, -0.15) is 0 Å². The summed E-state index contributed by atoms with van der Waals surface area (Å²) in [5.74, 6) is 0. The Kier molecular flexibility index (Phi) is 3.85. The Balaban J connectivity index is 1.93. The van der Waals surface area contributed by atoms with Gasteiger partial charge in [0.1, 0.15) is 0 Å². The molecule has 0 unspecified atom stereocenters. The molecule has 0 saturated heterocycles. The van der Waals surface area contributed by atoms with Crippen molar-refractivity contribution in [3.63, 3.8) is 0 Å². The van der Waals surface area contributed by atoms with Crippen molar-refractivity contribution in [3.05, 3.63) is 70.8 Å². The summed E-state index contributed by atoms with van der Waals surface area (Å²) in [5, 5.41) is 1.04. The fourth-order valence-corrected chi connectivity index (χ4v) is 3.06. The molecule has 4 heteroatoms. The number of nitrogens with zero attached hydrogens (tertiary/aromatic N) is 1. The molecule has 3 aromatic rings. The number of benzene rings is 2. The molecule has 0 saturated carbocycles. The fourth-order valence-electron chi connectivity index (χ4n) is 1.91. The molecule has 0 amide bonds. The van der Waals surface area contributed by atoms with Crippen molar-refractivity contribution in [2.24, 2.45) is 0 Å². The lowest BCUT2D eigenvalue weighted by atomic mass is 10.2. The quantitative estimate of drug-likeness (QED) is 0.618. The van der Waals surface area contributed by atoms with E-state index in [-0.39, 0.29) is 5.12 Å². The third kappa shape index (κ3) is 2.76. The number of carbonyl (C=O) groups is 1. The van der Waals surface area contributed by atoms with Gasteiger partial charge in [0.05, 0.1) is 5.52 Å². The molecule has 3 rings (SSSR count). The number of thioether (sulfide) groups is 1. The molecule has 1 aromatic heterocycles. The summed E-state index contributed by atoms with van der Waals surface area (Å²) < 4.78 is 0.966. The molecule has 0 fully saturated rings. The molecule has 0 atom stereocenters. The van der Waals surface area contributed by atoms with E-state index in [0.29, 0.717) is 5.56 Å². The highest BCUT2D eigenvalue weighted by Crippen LogP contribution is 2.29. The maximum atomic E-state index is 12.3. The number of hydrogen-bond donors (Lipinski definition) is 0. The van der Waals surface area contributed by atoms with Crippen LogP contribution in [-0.4, -0.2) is 10.1 Å². The molecule has 0 bridgehead atoms. The van der Waals surface area contributed by atoms with Crippen LogP contribution in [-0.2, 0) is 0 Å². The van der Waals surface area contributed by atoms with E-state index in [1.165, 1.54) is 11.8 Å². The van der Waals surface area contributed by atoms with Crippen LogP contribution < -0.4 is 0 Å². The van der Waals surface area contributed by atoms with E-state index in [4.69, 9.17) is 0 Å². The average molecular weight is 344 g/mol. The van der Waals surface area contributed by atoms with Crippen LogP contribution in [0.1, 0.15) is 10.4 Å². The summed E-state index contributed by atoms with van der Waals surface area (Å²) in [6, 6.07) is 17.1. The SMILES string of the molecule is O=C(Sc1cccc2ncccc12)c1ccc(Br)cc1. The number of fused-ring (bicyclic) bond motifs is 1. The lowest BCUT2D eigenvalue weighted by Gasteiger charge is -2.05. The van der Waals surface area contributed by atoms with Crippen molar-refractivity contribution in [2.75, 3.05) is 0 Å². The molecule has 0 N–H and O–H groups in total. The van der Waals surface area contributed by atoms with E-state index in [1.54, 1.807) is 6.20 Å². The Hall–Kier alpha value is -1.65. The van der Waals surface area contributed by atoms with Crippen LogP contribution in [0.25, 0.3) is 10.9 Å². The average Bonchev–Trinajstić information content (AvgIpc) is 2.48. The summed E-state index contributed by atoms with van der Waals surface area (Å²) in [7, 11) is 0. The maximum Gasteiger partial charge on any atom is 0.224 e. The summed E-state index contributed by atoms with van der Waals surface area (Å²) in [6.45, 7) is 0. The summed E-state index contributed by atoms with van der Waals surface area (Å²) in [4.78, 5) is 17.5. The first-order chi connectivity index (χ1) is 9.74. The van der Waals surface area contributed by atoms with Crippen molar-refractivity contribution < 1.29 is 4.79 Å². The summed E-state index contributed by atoms with van der Waals surface area (Å²) in [5.41, 5.74) is 1.60. The smallest absolute Gasteiger partial charge is 0.224 e. The van der Waals surface area contributed by atoms with Crippen LogP contribution in [0.4, 0.5) is 0 Å². The summed E-state index contributed by atoms with van der Waals surface area (Å²) in [6.07, 6.45) is 1.76. The van der Waals surface area contributed by atoms with Gasteiger partial charge in [0.25, 0.3) is 0 Å². The number of carbonyl (C=O) groups excluding carboxylic acids is 1. The predicted molar refractivity (Wildman–Crippen MR) is 86.1 cm³/mol. The molecule has 1 heterocycles. The molecule has 0 aliphatic heterocycles. The highest BCUT2D eigenvalue weighted by atomic mass is 79.9. The molecular weight excluding hydrogens is 334 g/mol. The third-order valence-electron chi connectivity index (χ3n) is 2.89. The van der Waals surface area contributed by atoms with Crippen LogP contribution in [0, 0.1) is 0 Å². The van der Waals surface area contributed by atoms with E-state index in [2.05, 4.69) is 20.9 Å². The molecule has 98 valence electrons. The van der Waals surface area contributed by atoms with Gasteiger partial charge in [-0.3, -0.25) is 9.78 Å². The van der Waals surface area contributed by atoms with Gasteiger partial charge in [-0.1, -0.05) is 28.1 Å². The van der Waals surface area contributed by atoms with Gasteiger partial charge in [-0.05, 0) is 54.2 Å². The zero-order valence-electron chi connectivity index (χ0n) is 10.4. The molecule has 2 aromatic carbocycles. The lowest BCUT2D eigenvalue weighted by Crippen LogP contribution is -1.93. The monoisotopic (exact) mass is 343 g/mol. The molecule has 0 aliphatic carbocycles. The zero-order chi connectivity index (χ0) is 13.9. The third-order valence-corrected chi connectivity index (χ3v) is 4.41. The minimum atomic E-state index is 0.0360. The molecule has 0 aliphatic rings. The number of hydrogen-bond acceptors (Lipinski definition) is 3. The van der Waals surface area contributed by atoms with E-state index < -0.39 is 0 Å². The van der Waals surface area contributed by atoms with E-state index >= 15 is 0 Å². The van der Waals surface area contributed by atoms with Gasteiger partial charge >= 0.3 is 0 Å². The lowest BCUT2D eigenvalue weighted by molar-refractivity contribution is 0.108. The Morgan fingerprint density at radius 2 is 1.80 bits per heavy atom.